The number of aliphatic hydroxyl groups is 3. The number of fused-ring (bicyclic) bond motifs is 5. The van der Waals surface area contributed by atoms with Gasteiger partial charge >= 0.3 is 0 Å². The first-order valence-electron chi connectivity index (χ1n) is 14.0. The van der Waals surface area contributed by atoms with E-state index in [1.165, 1.54) is 12.8 Å². The van der Waals surface area contributed by atoms with Crippen molar-refractivity contribution in [3.8, 4) is 0 Å². The summed E-state index contributed by atoms with van der Waals surface area (Å²) in [5.74, 6) is 3.29. The predicted molar refractivity (Wildman–Crippen MR) is 131 cm³/mol. The normalized spacial score (nSPS) is 46.2. The monoisotopic (exact) mass is 482 g/mol. The Morgan fingerprint density at radius 1 is 0.794 bits per heavy atom. The molecule has 6 heteroatoms. The lowest BCUT2D eigenvalue weighted by atomic mass is 9.43. The Bertz CT molecular complexity index is 657. The summed E-state index contributed by atoms with van der Waals surface area (Å²) in [5.41, 5.74) is 0.316. The van der Waals surface area contributed by atoms with Gasteiger partial charge in [-0.3, -0.25) is 0 Å². The smallest absolute Gasteiger partial charge is 0.0701 e. The van der Waals surface area contributed by atoms with Crippen molar-refractivity contribution >= 4 is 0 Å². The standard InChI is InChI=1S/C28H50O6/c1-18(2)21-5-6-22-26-23(17-25(28(21,22)4)34-14-11-31)27(3)8-7-20(32-12-9-29)15-19(27)16-24(26)33-13-10-30/h18-26,29-31H,5-17H2,1-4H3/t19?,20-,21-,22+,23+,24-,25+,26?,27+,28-/m1/s1. The predicted octanol–water partition coefficient (Wildman–Crippen LogP) is 3.65. The van der Waals surface area contributed by atoms with Gasteiger partial charge in [-0.25, -0.2) is 0 Å². The highest BCUT2D eigenvalue weighted by Gasteiger charge is 2.66. The van der Waals surface area contributed by atoms with Crippen molar-refractivity contribution in [1.82, 2.24) is 0 Å². The van der Waals surface area contributed by atoms with Crippen LogP contribution in [0, 0.1) is 46.3 Å². The summed E-state index contributed by atoms with van der Waals surface area (Å²) < 4.78 is 19.0. The van der Waals surface area contributed by atoms with Crippen LogP contribution in [0.15, 0.2) is 0 Å². The first kappa shape index (κ1) is 26.8. The summed E-state index contributed by atoms with van der Waals surface area (Å²) in [6, 6.07) is 0. The van der Waals surface area contributed by atoms with Gasteiger partial charge in [0.05, 0.1) is 58.0 Å². The number of aliphatic hydroxyl groups excluding tert-OH is 3. The third kappa shape index (κ3) is 4.61. The maximum absolute atomic E-state index is 9.61. The third-order valence-electron chi connectivity index (χ3n) is 10.8. The van der Waals surface area contributed by atoms with Crippen LogP contribution in [0.1, 0.15) is 72.6 Å². The Balaban J connectivity index is 1.67. The molecule has 198 valence electrons. The van der Waals surface area contributed by atoms with Crippen LogP contribution < -0.4 is 0 Å². The van der Waals surface area contributed by atoms with Crippen molar-refractivity contribution in [3.63, 3.8) is 0 Å². The summed E-state index contributed by atoms with van der Waals surface area (Å²) in [6.45, 7) is 11.2. The lowest BCUT2D eigenvalue weighted by molar-refractivity contribution is -0.229. The Labute approximate surface area is 206 Å². The zero-order chi connectivity index (χ0) is 24.5. The van der Waals surface area contributed by atoms with E-state index >= 15 is 0 Å². The van der Waals surface area contributed by atoms with Crippen molar-refractivity contribution in [3.05, 3.63) is 0 Å². The average Bonchev–Trinajstić information content (AvgIpc) is 3.18. The highest BCUT2D eigenvalue weighted by atomic mass is 16.5. The minimum Gasteiger partial charge on any atom is -0.394 e. The van der Waals surface area contributed by atoms with Crippen molar-refractivity contribution in [1.29, 1.82) is 0 Å². The van der Waals surface area contributed by atoms with Gasteiger partial charge in [-0.05, 0) is 85.9 Å². The van der Waals surface area contributed by atoms with E-state index in [2.05, 4.69) is 27.7 Å². The van der Waals surface area contributed by atoms with E-state index in [0.29, 0.717) is 55.3 Å². The minimum absolute atomic E-state index is 0.0663. The van der Waals surface area contributed by atoms with E-state index in [0.717, 1.165) is 32.1 Å². The molecule has 6 nitrogen and oxygen atoms in total. The van der Waals surface area contributed by atoms with Gasteiger partial charge in [0.25, 0.3) is 0 Å². The Morgan fingerprint density at radius 2 is 1.47 bits per heavy atom. The van der Waals surface area contributed by atoms with Crippen LogP contribution in [0.5, 0.6) is 0 Å². The van der Waals surface area contributed by atoms with Crippen LogP contribution in [0.4, 0.5) is 0 Å². The molecule has 4 saturated carbocycles. The number of hydrogen-bond acceptors (Lipinski definition) is 6. The van der Waals surface area contributed by atoms with E-state index < -0.39 is 0 Å². The minimum atomic E-state index is 0.0663. The fraction of sp³-hybridized carbons (Fsp3) is 1.00. The van der Waals surface area contributed by atoms with Crippen molar-refractivity contribution in [2.45, 2.75) is 91.0 Å². The van der Waals surface area contributed by atoms with Gasteiger partial charge in [0.2, 0.25) is 0 Å². The molecule has 34 heavy (non-hydrogen) atoms. The third-order valence-corrected chi connectivity index (χ3v) is 10.8. The van der Waals surface area contributed by atoms with Crippen molar-refractivity contribution < 1.29 is 29.5 Å². The van der Waals surface area contributed by atoms with Gasteiger partial charge in [-0.1, -0.05) is 27.7 Å². The molecular weight excluding hydrogens is 432 g/mol. The van der Waals surface area contributed by atoms with E-state index in [-0.39, 0.29) is 49.0 Å². The summed E-state index contributed by atoms with van der Waals surface area (Å²) in [5, 5.41) is 28.4. The quantitative estimate of drug-likeness (QED) is 0.441. The lowest BCUT2D eigenvalue weighted by Crippen LogP contribution is -2.63. The van der Waals surface area contributed by atoms with E-state index in [4.69, 9.17) is 14.2 Å². The maximum Gasteiger partial charge on any atom is 0.0701 e. The summed E-state index contributed by atoms with van der Waals surface area (Å²) in [4.78, 5) is 0. The van der Waals surface area contributed by atoms with Crippen LogP contribution >= 0.6 is 0 Å². The first-order valence-corrected chi connectivity index (χ1v) is 14.0. The molecule has 4 aliphatic rings. The zero-order valence-corrected chi connectivity index (χ0v) is 22.0. The van der Waals surface area contributed by atoms with Crippen LogP contribution in [-0.4, -0.2) is 73.3 Å². The summed E-state index contributed by atoms with van der Waals surface area (Å²) >= 11 is 0. The molecule has 0 aromatic carbocycles. The molecule has 0 spiro atoms. The van der Waals surface area contributed by atoms with Crippen LogP contribution in [0.2, 0.25) is 0 Å². The van der Waals surface area contributed by atoms with Gasteiger partial charge in [0, 0.05) is 5.41 Å². The second-order valence-electron chi connectivity index (χ2n) is 12.5. The zero-order valence-electron chi connectivity index (χ0n) is 22.0. The van der Waals surface area contributed by atoms with Gasteiger partial charge in [-0.15, -0.1) is 0 Å². The van der Waals surface area contributed by atoms with Gasteiger partial charge in [0.1, 0.15) is 0 Å². The number of ether oxygens (including phenoxy) is 3. The lowest BCUT2D eigenvalue weighted by Gasteiger charge is -2.64. The van der Waals surface area contributed by atoms with Crippen LogP contribution in [0.3, 0.4) is 0 Å². The molecule has 10 atom stereocenters. The molecule has 4 fully saturated rings. The van der Waals surface area contributed by atoms with Crippen LogP contribution in [0.25, 0.3) is 0 Å². The fourth-order valence-electron chi connectivity index (χ4n) is 9.41. The summed E-state index contributed by atoms with van der Waals surface area (Å²) in [7, 11) is 0. The van der Waals surface area contributed by atoms with Crippen molar-refractivity contribution in [2.24, 2.45) is 46.3 Å². The highest BCUT2D eigenvalue weighted by Crippen LogP contribution is 2.69. The average molecular weight is 483 g/mol. The molecule has 4 aliphatic carbocycles. The van der Waals surface area contributed by atoms with E-state index in [9.17, 15) is 15.3 Å². The molecule has 0 amide bonds. The molecule has 3 N–H and O–H groups in total. The number of hydrogen-bond donors (Lipinski definition) is 3. The summed E-state index contributed by atoms with van der Waals surface area (Å²) in [6.07, 6.45) is 8.31. The first-order chi connectivity index (χ1) is 16.3. The highest BCUT2D eigenvalue weighted by molar-refractivity contribution is 5.15. The molecule has 0 saturated heterocycles. The number of rotatable bonds is 10. The molecule has 0 radical (unpaired) electrons. The maximum atomic E-state index is 9.61. The SMILES string of the molecule is CC(C)[C@H]1CC[C@H]2C3[C@H](OCCO)CC4C[C@H](OCCO)CC[C@]4(C)[C@H]3C[C@H](OCCO)[C@]12C. The Morgan fingerprint density at radius 3 is 2.15 bits per heavy atom. The molecule has 4 rings (SSSR count). The van der Waals surface area contributed by atoms with Crippen LogP contribution in [-0.2, 0) is 14.2 Å². The molecular formula is C28H50O6. The van der Waals surface area contributed by atoms with E-state index in [1.54, 1.807) is 0 Å². The fourth-order valence-corrected chi connectivity index (χ4v) is 9.41. The van der Waals surface area contributed by atoms with E-state index in [1.807, 2.05) is 0 Å². The molecule has 0 aliphatic heterocycles. The second-order valence-corrected chi connectivity index (χ2v) is 12.5. The molecule has 0 aromatic rings. The second kappa shape index (κ2) is 11.0. The molecule has 0 aromatic heterocycles. The largest absolute Gasteiger partial charge is 0.394 e. The van der Waals surface area contributed by atoms with Gasteiger partial charge < -0.3 is 29.5 Å². The molecule has 0 heterocycles. The topological polar surface area (TPSA) is 88.4 Å². The molecule has 2 unspecified atom stereocenters. The Kier molecular flexibility index (Phi) is 8.69. The van der Waals surface area contributed by atoms with Gasteiger partial charge in [-0.2, -0.15) is 0 Å². The van der Waals surface area contributed by atoms with Gasteiger partial charge in [0.15, 0.2) is 0 Å². The Hall–Kier alpha value is -0.240. The van der Waals surface area contributed by atoms with Crippen molar-refractivity contribution in [2.75, 3.05) is 39.6 Å². The molecule has 0 bridgehead atoms.